The van der Waals surface area contributed by atoms with Crippen LogP contribution in [-0.4, -0.2) is 50.8 Å². The Hall–Kier alpha value is -4.48. The van der Waals surface area contributed by atoms with Crippen LogP contribution in [0.4, 0.5) is 17.1 Å². The number of hydrogen-bond acceptors (Lipinski definition) is 7. The summed E-state index contributed by atoms with van der Waals surface area (Å²) in [7, 11) is 4.52. The minimum atomic E-state index is -0.423. The second-order valence-corrected chi connectivity index (χ2v) is 12.5. The highest BCUT2D eigenvalue weighted by atomic mass is 79.9. The van der Waals surface area contributed by atoms with E-state index in [-0.39, 0.29) is 23.3 Å². The molecule has 2 amide bonds. The summed E-state index contributed by atoms with van der Waals surface area (Å²) in [6.07, 6.45) is 0.977. The molecule has 238 valence electrons. The quantitative estimate of drug-likeness (QED) is 0.218. The van der Waals surface area contributed by atoms with E-state index in [0.717, 1.165) is 17.8 Å². The number of amides is 2. The summed E-state index contributed by atoms with van der Waals surface area (Å²) in [5.41, 5.74) is 3.33. The summed E-state index contributed by atoms with van der Waals surface area (Å²) < 4.78 is 18.5. The summed E-state index contributed by atoms with van der Waals surface area (Å²) in [6, 6.07) is 19.0. The van der Waals surface area contributed by atoms with Gasteiger partial charge in [-0.25, -0.2) is 0 Å². The molecule has 0 saturated carbocycles. The number of carbonyl (C=O) groups is 2. The van der Waals surface area contributed by atoms with E-state index in [0.29, 0.717) is 68.9 Å². The molecule has 2 bridgehead atoms. The Morgan fingerprint density at radius 1 is 0.848 bits per heavy atom. The summed E-state index contributed by atoms with van der Waals surface area (Å²) in [6.45, 7) is 1.97. The predicted octanol–water partition coefficient (Wildman–Crippen LogP) is 6.42. The van der Waals surface area contributed by atoms with Crippen molar-refractivity contribution in [2.75, 3.05) is 50.0 Å². The molecular formula is C34H32BrClN4O6. The largest absolute Gasteiger partial charge is 0.497 e. The van der Waals surface area contributed by atoms with Gasteiger partial charge < -0.3 is 34.3 Å². The first-order valence-electron chi connectivity index (χ1n) is 14.7. The van der Waals surface area contributed by atoms with Gasteiger partial charge in [-0.2, -0.15) is 0 Å². The number of rotatable bonds is 8. The van der Waals surface area contributed by atoms with Gasteiger partial charge in [0.1, 0.15) is 17.2 Å². The molecule has 6 rings (SSSR count). The lowest BCUT2D eigenvalue weighted by Crippen LogP contribution is -2.47. The van der Waals surface area contributed by atoms with Crippen molar-refractivity contribution < 1.29 is 23.8 Å². The molecule has 0 spiro atoms. The molecule has 12 heteroatoms. The maximum atomic E-state index is 13.7. The number of ether oxygens (including phenoxy) is 3. The van der Waals surface area contributed by atoms with Crippen LogP contribution in [0.25, 0.3) is 0 Å². The van der Waals surface area contributed by atoms with Crippen molar-refractivity contribution in [3.8, 4) is 17.2 Å². The van der Waals surface area contributed by atoms with Crippen LogP contribution in [0, 0.1) is 5.92 Å². The lowest BCUT2D eigenvalue weighted by Gasteiger charge is -2.44. The number of nitrogens with zero attached hydrogens (tertiary/aromatic N) is 2. The first kappa shape index (κ1) is 31.5. The summed E-state index contributed by atoms with van der Waals surface area (Å²) >= 11 is 9.81. The van der Waals surface area contributed by atoms with Crippen molar-refractivity contribution in [2.24, 2.45) is 5.92 Å². The van der Waals surface area contributed by atoms with Crippen LogP contribution in [0.1, 0.15) is 38.7 Å². The van der Waals surface area contributed by atoms with Gasteiger partial charge in [-0.05, 0) is 76.8 Å². The molecule has 3 aromatic carbocycles. The molecule has 2 N–H and O–H groups in total. The molecule has 10 nitrogen and oxygen atoms in total. The van der Waals surface area contributed by atoms with Crippen molar-refractivity contribution in [1.82, 2.24) is 4.57 Å². The molecule has 2 aliphatic rings. The number of nitrogens with one attached hydrogen (secondary N) is 2. The van der Waals surface area contributed by atoms with Crippen molar-refractivity contribution in [1.29, 1.82) is 0 Å². The number of carbonyl (C=O) groups excluding carboxylic acids is 2. The minimum Gasteiger partial charge on any atom is -0.497 e. The number of halogens is 2. The summed E-state index contributed by atoms with van der Waals surface area (Å²) in [5, 5.41) is 6.23. The van der Waals surface area contributed by atoms with Gasteiger partial charge >= 0.3 is 0 Å². The molecule has 1 aromatic heterocycles. The number of pyridine rings is 1. The van der Waals surface area contributed by atoms with Crippen LogP contribution in [0.5, 0.6) is 17.2 Å². The zero-order chi connectivity index (χ0) is 32.5. The second kappa shape index (κ2) is 13.1. The van der Waals surface area contributed by atoms with E-state index >= 15 is 0 Å². The maximum absolute atomic E-state index is 13.7. The second-order valence-electron chi connectivity index (χ2n) is 11.3. The summed E-state index contributed by atoms with van der Waals surface area (Å²) in [5.74, 6) is 0.919. The molecule has 1 fully saturated rings. The Morgan fingerprint density at radius 3 is 2.39 bits per heavy atom. The van der Waals surface area contributed by atoms with E-state index in [4.69, 9.17) is 25.8 Å². The monoisotopic (exact) mass is 706 g/mol. The fourth-order valence-electron chi connectivity index (χ4n) is 6.29. The van der Waals surface area contributed by atoms with E-state index < -0.39 is 5.91 Å². The molecule has 1 saturated heterocycles. The highest BCUT2D eigenvalue weighted by Gasteiger charge is 2.35. The first-order chi connectivity index (χ1) is 22.2. The van der Waals surface area contributed by atoms with Crippen LogP contribution < -0.4 is 35.3 Å². The van der Waals surface area contributed by atoms with Gasteiger partial charge in [0.25, 0.3) is 17.4 Å². The average molecular weight is 708 g/mol. The number of methoxy groups -OCH3 is 3. The van der Waals surface area contributed by atoms with Crippen molar-refractivity contribution in [3.05, 3.63) is 103 Å². The van der Waals surface area contributed by atoms with Gasteiger partial charge in [-0.1, -0.05) is 17.7 Å². The van der Waals surface area contributed by atoms with E-state index in [9.17, 15) is 14.4 Å². The SMILES string of the molecule is COc1ccc(Br)c(C(=O)Nc2cc(C(=O)Nc3cc(Cl)c(OC)cc3OC)ccc2N2C[C@H]3C[C@@H](C2)c2cccc(=O)n2C3)c1. The number of benzene rings is 3. The zero-order valence-corrected chi connectivity index (χ0v) is 27.8. The maximum Gasteiger partial charge on any atom is 0.257 e. The zero-order valence-electron chi connectivity index (χ0n) is 25.4. The molecular weight excluding hydrogens is 676 g/mol. The van der Waals surface area contributed by atoms with E-state index in [1.54, 1.807) is 48.5 Å². The molecule has 46 heavy (non-hydrogen) atoms. The third-order valence-electron chi connectivity index (χ3n) is 8.47. The lowest BCUT2D eigenvalue weighted by molar-refractivity contribution is 0.101. The van der Waals surface area contributed by atoms with Crippen molar-refractivity contribution >= 4 is 56.4 Å². The number of aromatic nitrogens is 1. The smallest absolute Gasteiger partial charge is 0.257 e. The number of fused-ring (bicyclic) bond motifs is 4. The Kier molecular flexibility index (Phi) is 8.97. The van der Waals surface area contributed by atoms with E-state index in [1.165, 1.54) is 21.3 Å². The fourth-order valence-corrected chi connectivity index (χ4v) is 6.96. The lowest BCUT2D eigenvalue weighted by atomic mass is 9.83. The molecule has 4 aromatic rings. The molecule has 0 radical (unpaired) electrons. The average Bonchev–Trinajstić information content (AvgIpc) is 3.05. The summed E-state index contributed by atoms with van der Waals surface area (Å²) in [4.78, 5) is 42.1. The Balaban J connectivity index is 1.35. The van der Waals surface area contributed by atoms with Gasteiger partial charge in [0.2, 0.25) is 0 Å². The van der Waals surface area contributed by atoms with Gasteiger partial charge in [0.05, 0.1) is 49.0 Å². The Labute approximate surface area is 279 Å². The first-order valence-corrected chi connectivity index (χ1v) is 15.8. The molecule has 2 aliphatic heterocycles. The Bertz CT molecular complexity index is 1900. The highest BCUT2D eigenvalue weighted by Crippen LogP contribution is 2.40. The molecule has 0 aliphatic carbocycles. The van der Waals surface area contributed by atoms with Crippen molar-refractivity contribution in [3.63, 3.8) is 0 Å². The third-order valence-corrected chi connectivity index (χ3v) is 9.45. The van der Waals surface area contributed by atoms with Crippen molar-refractivity contribution in [2.45, 2.75) is 18.9 Å². The molecule has 0 unspecified atom stereocenters. The number of hydrogen-bond donors (Lipinski definition) is 2. The van der Waals surface area contributed by atoms with Crippen LogP contribution in [0.2, 0.25) is 5.02 Å². The number of anilines is 3. The van der Waals surface area contributed by atoms with Gasteiger partial charge in [0.15, 0.2) is 0 Å². The van der Waals surface area contributed by atoms with Crippen LogP contribution in [0.15, 0.2) is 76.0 Å². The predicted molar refractivity (Wildman–Crippen MR) is 181 cm³/mol. The van der Waals surface area contributed by atoms with Crippen LogP contribution in [-0.2, 0) is 6.54 Å². The standard InChI is InChI=1S/C34H32BrClN4O6/c1-44-22-8-9-24(35)23(13-22)34(43)37-26-12-20(33(42)38-27-14-25(36)30(45-2)15-31(27)46-3)7-10-29(26)39-16-19-11-21(18-39)28-5-4-6-32(41)40(28)17-19/h4-10,12-15,19,21H,11,16-18H2,1-3H3,(H,37,43)(H,38,42)/t19-,21+/m1/s1. The van der Waals surface area contributed by atoms with Gasteiger partial charge in [-0.15, -0.1) is 0 Å². The third kappa shape index (κ3) is 6.17. The highest BCUT2D eigenvalue weighted by molar-refractivity contribution is 9.10. The minimum absolute atomic E-state index is 0.0163. The number of piperidine rings is 1. The van der Waals surface area contributed by atoms with Crippen LogP contribution >= 0.6 is 27.5 Å². The normalized spacial score (nSPS) is 16.7. The van der Waals surface area contributed by atoms with E-state index in [2.05, 4.69) is 31.5 Å². The Morgan fingerprint density at radius 2 is 1.63 bits per heavy atom. The van der Waals surface area contributed by atoms with Gasteiger partial charge in [-0.3, -0.25) is 14.4 Å². The molecule has 2 atom stereocenters. The van der Waals surface area contributed by atoms with Gasteiger partial charge in [0, 0.05) is 53.4 Å². The topological polar surface area (TPSA) is 111 Å². The van der Waals surface area contributed by atoms with Crippen LogP contribution in [0.3, 0.4) is 0 Å². The van der Waals surface area contributed by atoms with E-state index in [1.807, 2.05) is 22.8 Å². The fraction of sp³-hybridized carbons (Fsp3) is 0.265. The molecule has 3 heterocycles.